The molecule has 0 aliphatic carbocycles. The highest BCUT2D eigenvalue weighted by atomic mass is 16.1. The highest BCUT2D eigenvalue weighted by Gasteiger charge is 2.17. The largest absolute Gasteiger partial charge is 0.346 e. The smallest absolute Gasteiger partial charge is 0.247 e. The van der Waals surface area contributed by atoms with Crippen molar-refractivity contribution in [2.75, 3.05) is 13.1 Å². The number of amides is 1. The van der Waals surface area contributed by atoms with Crippen LogP contribution in [-0.4, -0.2) is 24.0 Å². The summed E-state index contributed by atoms with van der Waals surface area (Å²) >= 11 is 0. The van der Waals surface area contributed by atoms with Crippen molar-refractivity contribution in [2.45, 2.75) is 19.9 Å². The van der Waals surface area contributed by atoms with Gasteiger partial charge in [0.1, 0.15) is 0 Å². The third-order valence-electron chi connectivity index (χ3n) is 3.08. The average molecular weight is 231 g/mol. The summed E-state index contributed by atoms with van der Waals surface area (Å²) in [5, 5.41) is 6.11. The van der Waals surface area contributed by atoms with E-state index >= 15 is 0 Å². The minimum atomic E-state index is -0.0141. The summed E-state index contributed by atoms with van der Waals surface area (Å²) in [4.78, 5) is 16.0. The van der Waals surface area contributed by atoms with E-state index in [9.17, 15) is 4.79 Å². The first-order valence-electron chi connectivity index (χ1n) is 5.78. The van der Waals surface area contributed by atoms with E-state index in [1.54, 1.807) is 12.4 Å². The fourth-order valence-electron chi connectivity index (χ4n) is 1.70. The number of aromatic nitrogens is 1. The first-order chi connectivity index (χ1) is 8.18. The Hall–Kier alpha value is -1.68. The van der Waals surface area contributed by atoms with E-state index in [0.717, 1.165) is 24.2 Å². The van der Waals surface area contributed by atoms with Crippen LogP contribution < -0.4 is 10.6 Å². The molecule has 1 fully saturated rings. The minimum absolute atomic E-state index is 0.0119. The first kappa shape index (κ1) is 11.8. The molecule has 1 atom stereocenters. The van der Waals surface area contributed by atoms with Crippen molar-refractivity contribution in [1.29, 1.82) is 0 Å². The third-order valence-corrected chi connectivity index (χ3v) is 3.08. The molecule has 0 unspecified atom stereocenters. The topological polar surface area (TPSA) is 54.0 Å². The molecule has 4 heteroatoms. The van der Waals surface area contributed by atoms with Crippen LogP contribution in [0.25, 0.3) is 0 Å². The van der Waals surface area contributed by atoms with Crippen LogP contribution in [0.5, 0.6) is 0 Å². The van der Waals surface area contributed by atoms with Gasteiger partial charge in [0.15, 0.2) is 0 Å². The number of carbonyl (C=O) groups is 1. The van der Waals surface area contributed by atoms with Crippen LogP contribution >= 0.6 is 0 Å². The van der Waals surface area contributed by atoms with Gasteiger partial charge < -0.3 is 10.6 Å². The summed E-state index contributed by atoms with van der Waals surface area (Å²) in [6.45, 7) is 5.51. The molecule has 2 rings (SSSR count). The summed E-state index contributed by atoms with van der Waals surface area (Å²) in [5.74, 6) is 0.0119. The number of rotatable bonds is 3. The lowest BCUT2D eigenvalue weighted by Gasteiger charge is -2.22. The van der Waals surface area contributed by atoms with Gasteiger partial charge in [0, 0.05) is 31.1 Å². The van der Waals surface area contributed by atoms with Crippen LogP contribution in [0.3, 0.4) is 0 Å². The monoisotopic (exact) mass is 231 g/mol. The molecule has 2 heterocycles. The van der Waals surface area contributed by atoms with Crippen molar-refractivity contribution >= 4 is 5.91 Å². The van der Waals surface area contributed by atoms with E-state index in [0.29, 0.717) is 0 Å². The van der Waals surface area contributed by atoms with Gasteiger partial charge in [-0.3, -0.25) is 9.78 Å². The zero-order chi connectivity index (χ0) is 12.3. The number of carbonyl (C=O) groups excluding carboxylic acids is 1. The van der Waals surface area contributed by atoms with Crippen molar-refractivity contribution in [3.8, 4) is 0 Å². The number of nitrogens with zero attached hydrogens (tertiary/aromatic N) is 1. The maximum Gasteiger partial charge on any atom is 0.247 e. The standard InChI is InChI=1S/C13H17N3O/c1-9(12-7-15-8-12)13(17)16-10(2)11-4-3-5-14-6-11/h3-6,10,15H,7-8H2,1-2H3,(H,16,17)/t10-/m0/s1. The van der Waals surface area contributed by atoms with E-state index in [1.807, 2.05) is 26.0 Å². The van der Waals surface area contributed by atoms with Crippen LogP contribution in [0.2, 0.25) is 0 Å². The van der Waals surface area contributed by atoms with Gasteiger partial charge in [0.05, 0.1) is 6.04 Å². The zero-order valence-corrected chi connectivity index (χ0v) is 10.2. The predicted octanol–water partition coefficient (Wildman–Crippen LogP) is 1.18. The molecule has 1 aliphatic rings. The minimum Gasteiger partial charge on any atom is -0.346 e. The quantitative estimate of drug-likeness (QED) is 0.768. The number of hydrogen-bond acceptors (Lipinski definition) is 3. The van der Waals surface area contributed by atoms with Gasteiger partial charge in [-0.2, -0.15) is 0 Å². The Morgan fingerprint density at radius 3 is 2.82 bits per heavy atom. The van der Waals surface area contributed by atoms with Crippen LogP contribution in [0.15, 0.2) is 35.7 Å². The van der Waals surface area contributed by atoms with E-state index in [2.05, 4.69) is 15.6 Å². The van der Waals surface area contributed by atoms with Gasteiger partial charge in [-0.1, -0.05) is 6.07 Å². The number of hydrogen-bond donors (Lipinski definition) is 2. The van der Waals surface area contributed by atoms with Gasteiger partial charge in [-0.05, 0) is 31.1 Å². The Balaban J connectivity index is 1.99. The fraction of sp³-hybridized carbons (Fsp3) is 0.385. The SMILES string of the molecule is CC(C(=O)N[C@@H](C)c1cccnc1)=C1CNC1. The second kappa shape index (κ2) is 5.10. The molecule has 0 saturated carbocycles. The zero-order valence-electron chi connectivity index (χ0n) is 10.2. The van der Waals surface area contributed by atoms with Gasteiger partial charge >= 0.3 is 0 Å². The molecule has 1 aliphatic heterocycles. The molecule has 0 bridgehead atoms. The molecular formula is C13H17N3O. The Labute approximate surface area is 101 Å². The van der Waals surface area contributed by atoms with E-state index in [-0.39, 0.29) is 11.9 Å². The van der Waals surface area contributed by atoms with Crippen molar-refractivity contribution < 1.29 is 4.79 Å². The van der Waals surface area contributed by atoms with Gasteiger partial charge in [-0.15, -0.1) is 0 Å². The van der Waals surface area contributed by atoms with Crippen LogP contribution in [-0.2, 0) is 4.79 Å². The molecule has 90 valence electrons. The molecule has 0 spiro atoms. The summed E-state index contributed by atoms with van der Waals surface area (Å²) in [6, 6.07) is 3.82. The van der Waals surface area contributed by atoms with Crippen LogP contribution in [0.4, 0.5) is 0 Å². The van der Waals surface area contributed by atoms with Crippen LogP contribution in [0, 0.1) is 0 Å². The van der Waals surface area contributed by atoms with Gasteiger partial charge in [-0.25, -0.2) is 0 Å². The second-order valence-corrected chi connectivity index (χ2v) is 4.31. The molecule has 1 saturated heterocycles. The lowest BCUT2D eigenvalue weighted by molar-refractivity contribution is -0.118. The Morgan fingerprint density at radius 1 is 1.53 bits per heavy atom. The average Bonchev–Trinajstić information content (AvgIpc) is 2.27. The van der Waals surface area contributed by atoms with E-state index in [4.69, 9.17) is 0 Å². The van der Waals surface area contributed by atoms with Crippen LogP contribution in [0.1, 0.15) is 25.5 Å². The Bertz CT molecular complexity index is 433. The van der Waals surface area contributed by atoms with Crippen molar-refractivity contribution in [2.24, 2.45) is 0 Å². The summed E-state index contributed by atoms with van der Waals surface area (Å²) in [7, 11) is 0. The van der Waals surface area contributed by atoms with Crippen molar-refractivity contribution in [3.05, 3.63) is 41.2 Å². The molecule has 4 nitrogen and oxygen atoms in total. The lowest BCUT2D eigenvalue weighted by atomic mass is 10.0. The highest BCUT2D eigenvalue weighted by Crippen LogP contribution is 2.13. The maximum atomic E-state index is 11.9. The molecule has 0 aromatic carbocycles. The lowest BCUT2D eigenvalue weighted by Crippen LogP contribution is -2.38. The van der Waals surface area contributed by atoms with Crippen molar-refractivity contribution in [1.82, 2.24) is 15.6 Å². The molecule has 0 radical (unpaired) electrons. The summed E-state index contributed by atoms with van der Waals surface area (Å²) < 4.78 is 0. The second-order valence-electron chi connectivity index (χ2n) is 4.31. The maximum absolute atomic E-state index is 11.9. The summed E-state index contributed by atoms with van der Waals surface area (Å²) in [5.41, 5.74) is 3.05. The normalized spacial score (nSPS) is 16.0. The molecule has 17 heavy (non-hydrogen) atoms. The summed E-state index contributed by atoms with van der Waals surface area (Å²) in [6.07, 6.45) is 3.50. The van der Waals surface area contributed by atoms with E-state index in [1.165, 1.54) is 5.57 Å². The first-order valence-corrected chi connectivity index (χ1v) is 5.78. The molecular weight excluding hydrogens is 214 g/mol. The fourth-order valence-corrected chi connectivity index (χ4v) is 1.70. The van der Waals surface area contributed by atoms with Gasteiger partial charge in [0.2, 0.25) is 5.91 Å². The van der Waals surface area contributed by atoms with Crippen molar-refractivity contribution in [3.63, 3.8) is 0 Å². The molecule has 1 aromatic rings. The molecule has 1 amide bonds. The predicted molar refractivity (Wildman–Crippen MR) is 66.4 cm³/mol. The number of pyridine rings is 1. The van der Waals surface area contributed by atoms with Gasteiger partial charge in [0.25, 0.3) is 0 Å². The Morgan fingerprint density at radius 2 is 2.29 bits per heavy atom. The number of nitrogens with one attached hydrogen (secondary N) is 2. The molecule has 2 N–H and O–H groups in total. The third kappa shape index (κ3) is 2.71. The molecule has 1 aromatic heterocycles. The Kier molecular flexibility index (Phi) is 3.54. The van der Waals surface area contributed by atoms with E-state index < -0.39 is 0 Å². The highest BCUT2D eigenvalue weighted by molar-refractivity contribution is 5.94.